The Morgan fingerprint density at radius 3 is 2.63 bits per heavy atom. The van der Waals surface area contributed by atoms with Crippen molar-refractivity contribution in [3.63, 3.8) is 0 Å². The fourth-order valence-corrected chi connectivity index (χ4v) is 3.10. The number of benzene rings is 1. The number of aromatic nitrogens is 5. The molecule has 0 aliphatic heterocycles. The molecule has 1 amide bonds. The lowest BCUT2D eigenvalue weighted by Gasteiger charge is -2.16. The third-order valence-electron chi connectivity index (χ3n) is 4.59. The van der Waals surface area contributed by atoms with Crippen LogP contribution < -0.4 is 20.7 Å². The molecule has 4 aromatic rings. The number of amides is 1. The Hall–Kier alpha value is -5.18. The number of methoxy groups -OCH3 is 1. The van der Waals surface area contributed by atoms with Crippen LogP contribution in [0.3, 0.4) is 0 Å². The normalized spacial score (nSPS) is 11.9. The minimum atomic E-state index is -2.77. The first-order chi connectivity index (χ1) is 18.2. The van der Waals surface area contributed by atoms with Crippen molar-refractivity contribution in [1.82, 2.24) is 30.5 Å². The predicted octanol–water partition coefficient (Wildman–Crippen LogP) is 3.19. The van der Waals surface area contributed by atoms with E-state index in [0.717, 1.165) is 12.4 Å². The van der Waals surface area contributed by atoms with Gasteiger partial charge in [0.2, 0.25) is 0 Å². The third-order valence-corrected chi connectivity index (χ3v) is 4.59. The molecule has 0 radical (unpaired) electrons. The smallest absolute Gasteiger partial charge is 0.273 e. The first-order valence-electron chi connectivity index (χ1n) is 11.4. The quantitative estimate of drug-likeness (QED) is 0.364. The molecule has 0 saturated heterocycles. The molecule has 0 spiro atoms. The number of pyridine rings is 1. The molecule has 3 aromatic heterocycles. The lowest BCUT2D eigenvalue weighted by Crippen LogP contribution is -2.21. The second-order valence-electron chi connectivity index (χ2n) is 6.83. The standard InChI is InChI=1S/C23H18FN9O2/c1-26-23(34)20-17(9-19(32-33-20)31-18-8-3-5-14(10-25)29-18)30-16-7-4-6-15(21(16)35-2)22-27-11-13(24)12-28-22/h3-9,11-12H,1-2H3,(H,26,34)(H2,29,30,31,32)/i1D3. The zero-order valence-electron chi connectivity index (χ0n) is 21.1. The fraction of sp³-hybridized carbons (Fsp3) is 0.0870. The number of carbonyl (C=O) groups is 1. The third kappa shape index (κ3) is 5.09. The second-order valence-corrected chi connectivity index (χ2v) is 6.83. The highest BCUT2D eigenvalue weighted by molar-refractivity contribution is 5.99. The number of nitrogens with zero attached hydrogens (tertiary/aromatic N) is 6. The molecule has 3 heterocycles. The maximum absolute atomic E-state index is 13.3. The van der Waals surface area contributed by atoms with E-state index in [1.807, 2.05) is 11.4 Å². The van der Waals surface area contributed by atoms with Crippen molar-refractivity contribution in [1.29, 1.82) is 5.26 Å². The summed E-state index contributed by atoms with van der Waals surface area (Å²) in [5, 5.41) is 24.7. The van der Waals surface area contributed by atoms with Crippen LogP contribution in [0, 0.1) is 17.1 Å². The van der Waals surface area contributed by atoms with Crippen LogP contribution in [0.5, 0.6) is 5.75 Å². The number of rotatable bonds is 7. The van der Waals surface area contributed by atoms with E-state index in [-0.39, 0.29) is 40.3 Å². The van der Waals surface area contributed by atoms with Gasteiger partial charge in [0.25, 0.3) is 5.91 Å². The van der Waals surface area contributed by atoms with Gasteiger partial charge in [0.1, 0.15) is 17.6 Å². The summed E-state index contributed by atoms with van der Waals surface area (Å²) >= 11 is 0. The highest BCUT2D eigenvalue weighted by Crippen LogP contribution is 2.37. The molecular formula is C23H18FN9O2. The molecule has 35 heavy (non-hydrogen) atoms. The zero-order valence-corrected chi connectivity index (χ0v) is 18.1. The molecule has 4 rings (SSSR count). The van der Waals surface area contributed by atoms with Crippen LogP contribution in [0.1, 0.15) is 20.3 Å². The van der Waals surface area contributed by atoms with E-state index in [2.05, 4.69) is 35.8 Å². The first-order valence-corrected chi connectivity index (χ1v) is 9.93. The summed E-state index contributed by atoms with van der Waals surface area (Å²) in [6.07, 6.45) is 2.03. The summed E-state index contributed by atoms with van der Waals surface area (Å²) in [5.74, 6) is -0.741. The maximum Gasteiger partial charge on any atom is 0.273 e. The largest absolute Gasteiger partial charge is 0.494 e. The molecule has 0 fully saturated rings. The van der Waals surface area contributed by atoms with E-state index in [9.17, 15) is 9.18 Å². The van der Waals surface area contributed by atoms with Crippen molar-refractivity contribution < 1.29 is 18.0 Å². The second kappa shape index (κ2) is 10.2. The van der Waals surface area contributed by atoms with E-state index in [0.29, 0.717) is 11.3 Å². The lowest BCUT2D eigenvalue weighted by atomic mass is 10.1. The van der Waals surface area contributed by atoms with E-state index >= 15 is 0 Å². The Kier molecular flexibility index (Phi) is 5.61. The Balaban J connectivity index is 1.76. The molecule has 1 aromatic carbocycles. The molecule has 0 atom stereocenters. The molecule has 0 bridgehead atoms. The topological polar surface area (TPSA) is 151 Å². The van der Waals surface area contributed by atoms with Crippen LogP contribution >= 0.6 is 0 Å². The summed E-state index contributed by atoms with van der Waals surface area (Å²) in [6.45, 7) is -2.77. The van der Waals surface area contributed by atoms with Gasteiger partial charge in [-0.05, 0) is 24.3 Å². The molecule has 0 unspecified atom stereocenters. The maximum atomic E-state index is 13.3. The first kappa shape index (κ1) is 19.3. The summed E-state index contributed by atoms with van der Waals surface area (Å²) in [6, 6.07) is 13.0. The number of nitrogens with one attached hydrogen (secondary N) is 3. The number of anilines is 4. The van der Waals surface area contributed by atoms with Gasteiger partial charge in [0.15, 0.2) is 28.9 Å². The summed E-state index contributed by atoms with van der Waals surface area (Å²) in [5.41, 5.74) is 0.667. The van der Waals surface area contributed by atoms with Crippen molar-refractivity contribution in [3.05, 3.63) is 72.1 Å². The Morgan fingerprint density at radius 1 is 1.09 bits per heavy atom. The Morgan fingerprint density at radius 2 is 1.89 bits per heavy atom. The summed E-state index contributed by atoms with van der Waals surface area (Å²) < 4.78 is 41.0. The SMILES string of the molecule is [2H]C([2H])([2H])NC(=O)c1nnc(Nc2cccc(C#N)n2)cc1Nc1cccc(-c2ncc(F)cn2)c1OC. The van der Waals surface area contributed by atoms with Crippen LogP contribution in [-0.2, 0) is 0 Å². The van der Waals surface area contributed by atoms with Gasteiger partial charge in [-0.2, -0.15) is 5.26 Å². The Labute approximate surface area is 203 Å². The summed E-state index contributed by atoms with van der Waals surface area (Å²) in [4.78, 5) is 24.8. The predicted molar refractivity (Wildman–Crippen MR) is 125 cm³/mol. The van der Waals surface area contributed by atoms with Gasteiger partial charge < -0.3 is 20.7 Å². The van der Waals surface area contributed by atoms with Gasteiger partial charge in [-0.15, -0.1) is 10.2 Å². The number of carbonyl (C=O) groups excluding carboxylic acids is 1. The molecule has 3 N–H and O–H groups in total. The Bertz CT molecular complexity index is 1530. The number of hydrogen-bond donors (Lipinski definition) is 3. The highest BCUT2D eigenvalue weighted by atomic mass is 19.1. The van der Waals surface area contributed by atoms with E-state index in [4.69, 9.17) is 14.1 Å². The molecule has 12 heteroatoms. The van der Waals surface area contributed by atoms with Gasteiger partial charge in [0, 0.05) is 17.2 Å². The van der Waals surface area contributed by atoms with Gasteiger partial charge in [0.05, 0.1) is 36.4 Å². The monoisotopic (exact) mass is 474 g/mol. The molecular weight excluding hydrogens is 453 g/mol. The highest BCUT2D eigenvalue weighted by Gasteiger charge is 2.19. The van der Waals surface area contributed by atoms with E-state index in [1.54, 1.807) is 30.3 Å². The van der Waals surface area contributed by atoms with Gasteiger partial charge >= 0.3 is 0 Å². The summed E-state index contributed by atoms with van der Waals surface area (Å²) in [7, 11) is 1.40. The molecule has 11 nitrogen and oxygen atoms in total. The van der Waals surface area contributed by atoms with Gasteiger partial charge in [-0.3, -0.25) is 4.79 Å². The lowest BCUT2D eigenvalue weighted by molar-refractivity contribution is 0.0958. The fourth-order valence-electron chi connectivity index (χ4n) is 3.10. The molecule has 0 aliphatic rings. The minimum Gasteiger partial charge on any atom is -0.494 e. The van der Waals surface area contributed by atoms with E-state index in [1.165, 1.54) is 19.2 Å². The van der Waals surface area contributed by atoms with Crippen LogP contribution in [-0.4, -0.2) is 45.1 Å². The van der Waals surface area contributed by atoms with Crippen molar-refractivity contribution >= 4 is 28.9 Å². The average Bonchev–Trinajstić information content (AvgIpc) is 2.88. The average molecular weight is 474 g/mol. The minimum absolute atomic E-state index is 0.0659. The van der Waals surface area contributed by atoms with Gasteiger partial charge in [-0.1, -0.05) is 12.1 Å². The molecule has 0 aliphatic carbocycles. The van der Waals surface area contributed by atoms with E-state index < -0.39 is 18.7 Å². The number of ether oxygens (including phenoxy) is 1. The van der Waals surface area contributed by atoms with Crippen LogP contribution in [0.2, 0.25) is 0 Å². The zero-order chi connectivity index (χ0) is 27.3. The van der Waals surface area contributed by atoms with Crippen LogP contribution in [0.15, 0.2) is 54.9 Å². The number of nitriles is 1. The number of halogens is 1. The molecule has 0 saturated carbocycles. The van der Waals surface area contributed by atoms with Gasteiger partial charge in [-0.25, -0.2) is 19.3 Å². The molecule has 174 valence electrons. The van der Waals surface area contributed by atoms with Crippen molar-refractivity contribution in [2.24, 2.45) is 0 Å². The number of para-hydroxylation sites is 1. The van der Waals surface area contributed by atoms with Crippen molar-refractivity contribution in [2.75, 3.05) is 24.7 Å². The van der Waals surface area contributed by atoms with Crippen molar-refractivity contribution in [2.45, 2.75) is 0 Å². The van der Waals surface area contributed by atoms with Crippen LogP contribution in [0.25, 0.3) is 11.4 Å². The van der Waals surface area contributed by atoms with Crippen molar-refractivity contribution in [3.8, 4) is 23.2 Å². The van der Waals surface area contributed by atoms with Crippen LogP contribution in [0.4, 0.5) is 27.4 Å². The number of hydrogen-bond acceptors (Lipinski definition) is 10.